The van der Waals surface area contributed by atoms with Crippen molar-refractivity contribution in [1.29, 1.82) is 0 Å². The number of aryl methyl sites for hydroxylation is 2. The van der Waals surface area contributed by atoms with Gasteiger partial charge in [0, 0.05) is 17.5 Å². The molecule has 4 nitrogen and oxygen atoms in total. The second-order valence-electron chi connectivity index (χ2n) is 6.83. The maximum absolute atomic E-state index is 13.1. The SMILES string of the molecule is CCc1sc(-c2nnc(CN(Cc3ccc(F)cc3)C3CC3)o2)cc1C. The Labute approximate surface area is 156 Å². The van der Waals surface area contributed by atoms with Crippen LogP contribution in [0.5, 0.6) is 0 Å². The zero-order chi connectivity index (χ0) is 18.1. The molecule has 26 heavy (non-hydrogen) atoms. The van der Waals surface area contributed by atoms with Crippen LogP contribution in [0.1, 0.15) is 41.7 Å². The molecule has 0 radical (unpaired) electrons. The van der Waals surface area contributed by atoms with Crippen molar-refractivity contribution in [1.82, 2.24) is 15.1 Å². The van der Waals surface area contributed by atoms with Crippen molar-refractivity contribution < 1.29 is 8.81 Å². The number of benzene rings is 1. The van der Waals surface area contributed by atoms with Gasteiger partial charge >= 0.3 is 0 Å². The van der Waals surface area contributed by atoms with Crippen molar-refractivity contribution in [2.45, 2.75) is 52.2 Å². The standard InChI is InChI=1S/C20H22FN3OS/c1-3-17-13(2)10-18(26-17)20-23-22-19(25-20)12-24(16-8-9-16)11-14-4-6-15(21)7-5-14/h4-7,10,16H,3,8-9,11-12H2,1-2H3. The normalized spacial score (nSPS) is 14.3. The first-order chi connectivity index (χ1) is 12.6. The summed E-state index contributed by atoms with van der Waals surface area (Å²) in [6.07, 6.45) is 3.39. The average molecular weight is 371 g/mol. The van der Waals surface area contributed by atoms with Crippen LogP contribution in [0.15, 0.2) is 34.7 Å². The van der Waals surface area contributed by atoms with E-state index in [1.807, 2.05) is 12.1 Å². The van der Waals surface area contributed by atoms with Gasteiger partial charge in [-0.15, -0.1) is 21.5 Å². The molecule has 1 saturated carbocycles. The lowest BCUT2D eigenvalue weighted by Gasteiger charge is -2.20. The summed E-state index contributed by atoms with van der Waals surface area (Å²) >= 11 is 1.72. The summed E-state index contributed by atoms with van der Waals surface area (Å²) in [5.41, 5.74) is 2.38. The number of aromatic nitrogens is 2. The summed E-state index contributed by atoms with van der Waals surface area (Å²) in [7, 11) is 0. The molecular formula is C20H22FN3OS. The molecule has 1 fully saturated rings. The van der Waals surface area contributed by atoms with Crippen LogP contribution in [-0.4, -0.2) is 21.1 Å². The second-order valence-corrected chi connectivity index (χ2v) is 7.97. The Bertz CT molecular complexity index is 883. The molecule has 2 heterocycles. The van der Waals surface area contributed by atoms with E-state index in [4.69, 9.17) is 4.42 Å². The highest BCUT2D eigenvalue weighted by molar-refractivity contribution is 7.15. The van der Waals surface area contributed by atoms with Gasteiger partial charge in [-0.05, 0) is 55.5 Å². The fraction of sp³-hybridized carbons (Fsp3) is 0.400. The molecule has 1 aromatic carbocycles. The van der Waals surface area contributed by atoms with Crippen LogP contribution in [0.2, 0.25) is 0 Å². The minimum Gasteiger partial charge on any atom is -0.419 e. The molecule has 136 valence electrons. The third kappa shape index (κ3) is 3.86. The molecule has 1 aliphatic carbocycles. The molecule has 3 aromatic rings. The average Bonchev–Trinajstić information content (AvgIpc) is 3.27. The highest BCUT2D eigenvalue weighted by atomic mass is 32.1. The summed E-state index contributed by atoms with van der Waals surface area (Å²) in [5, 5.41) is 8.50. The van der Waals surface area contributed by atoms with E-state index in [1.165, 1.54) is 35.4 Å². The van der Waals surface area contributed by atoms with Crippen LogP contribution < -0.4 is 0 Å². The number of rotatable bonds is 7. The molecule has 1 aliphatic rings. The second kappa shape index (κ2) is 7.29. The molecule has 0 amide bonds. The predicted molar refractivity (Wildman–Crippen MR) is 100 cm³/mol. The molecule has 0 spiro atoms. The topological polar surface area (TPSA) is 42.2 Å². The zero-order valence-electron chi connectivity index (χ0n) is 15.0. The molecule has 0 saturated heterocycles. The van der Waals surface area contributed by atoms with Gasteiger partial charge < -0.3 is 4.42 Å². The van der Waals surface area contributed by atoms with Crippen molar-refractivity contribution in [3.63, 3.8) is 0 Å². The van der Waals surface area contributed by atoms with Crippen molar-refractivity contribution >= 4 is 11.3 Å². The predicted octanol–water partition coefficient (Wildman–Crippen LogP) is 4.97. The Morgan fingerprint density at radius 1 is 1.19 bits per heavy atom. The summed E-state index contributed by atoms with van der Waals surface area (Å²) in [5.74, 6) is 1.04. The van der Waals surface area contributed by atoms with Gasteiger partial charge in [0.1, 0.15) is 5.82 Å². The lowest BCUT2D eigenvalue weighted by Crippen LogP contribution is -2.25. The largest absolute Gasteiger partial charge is 0.419 e. The highest BCUT2D eigenvalue weighted by Gasteiger charge is 2.30. The number of halogens is 1. The Hall–Kier alpha value is -2.05. The van der Waals surface area contributed by atoms with E-state index in [2.05, 4.69) is 35.0 Å². The van der Waals surface area contributed by atoms with Gasteiger partial charge in [0.15, 0.2) is 0 Å². The first-order valence-electron chi connectivity index (χ1n) is 9.03. The van der Waals surface area contributed by atoms with Gasteiger partial charge in [0.05, 0.1) is 11.4 Å². The van der Waals surface area contributed by atoms with Crippen molar-refractivity contribution in [2.24, 2.45) is 0 Å². The summed E-state index contributed by atoms with van der Waals surface area (Å²) in [4.78, 5) is 4.73. The summed E-state index contributed by atoms with van der Waals surface area (Å²) in [6.45, 7) is 5.67. The van der Waals surface area contributed by atoms with Crippen LogP contribution in [0.25, 0.3) is 10.8 Å². The van der Waals surface area contributed by atoms with Gasteiger partial charge in [0.2, 0.25) is 5.89 Å². The molecular weight excluding hydrogens is 349 g/mol. The van der Waals surface area contributed by atoms with Crippen LogP contribution in [0, 0.1) is 12.7 Å². The fourth-order valence-electron chi connectivity index (χ4n) is 3.15. The monoisotopic (exact) mass is 371 g/mol. The molecule has 2 aromatic heterocycles. The Morgan fingerprint density at radius 2 is 1.96 bits per heavy atom. The van der Waals surface area contributed by atoms with Gasteiger partial charge in [-0.1, -0.05) is 19.1 Å². The van der Waals surface area contributed by atoms with Gasteiger partial charge in [-0.25, -0.2) is 4.39 Å². The van der Waals surface area contributed by atoms with E-state index in [0.29, 0.717) is 24.4 Å². The van der Waals surface area contributed by atoms with Crippen molar-refractivity contribution in [3.05, 3.63) is 58.0 Å². The number of nitrogens with zero attached hydrogens (tertiary/aromatic N) is 3. The third-order valence-corrected chi connectivity index (χ3v) is 6.09. The molecule has 0 atom stereocenters. The van der Waals surface area contributed by atoms with Crippen molar-refractivity contribution in [2.75, 3.05) is 0 Å². The minimum absolute atomic E-state index is 0.203. The highest BCUT2D eigenvalue weighted by Crippen LogP contribution is 2.32. The molecule has 4 rings (SSSR count). The maximum atomic E-state index is 13.1. The summed E-state index contributed by atoms with van der Waals surface area (Å²) < 4.78 is 19.0. The smallest absolute Gasteiger partial charge is 0.257 e. The fourth-order valence-corrected chi connectivity index (χ4v) is 4.18. The lowest BCUT2D eigenvalue weighted by atomic mass is 10.2. The van der Waals surface area contributed by atoms with E-state index in [9.17, 15) is 4.39 Å². The van der Waals surface area contributed by atoms with Crippen LogP contribution >= 0.6 is 11.3 Å². The Balaban J connectivity index is 1.48. The molecule has 0 unspecified atom stereocenters. The van der Waals surface area contributed by atoms with Crippen LogP contribution in [-0.2, 0) is 19.5 Å². The van der Waals surface area contributed by atoms with Crippen LogP contribution in [0.4, 0.5) is 4.39 Å². The Kier molecular flexibility index (Phi) is 4.87. The van der Waals surface area contributed by atoms with E-state index in [0.717, 1.165) is 23.4 Å². The van der Waals surface area contributed by atoms with E-state index < -0.39 is 0 Å². The van der Waals surface area contributed by atoms with E-state index in [-0.39, 0.29) is 5.82 Å². The Morgan fingerprint density at radius 3 is 2.62 bits per heavy atom. The quantitative estimate of drug-likeness (QED) is 0.588. The molecule has 0 bridgehead atoms. The van der Waals surface area contributed by atoms with Gasteiger partial charge in [-0.3, -0.25) is 4.90 Å². The molecule has 0 aliphatic heterocycles. The first kappa shape index (κ1) is 17.4. The lowest BCUT2D eigenvalue weighted by molar-refractivity contribution is 0.221. The third-order valence-electron chi connectivity index (χ3n) is 4.72. The number of thiophene rings is 1. The maximum Gasteiger partial charge on any atom is 0.257 e. The zero-order valence-corrected chi connectivity index (χ0v) is 15.9. The molecule has 6 heteroatoms. The number of hydrogen-bond donors (Lipinski definition) is 0. The van der Waals surface area contributed by atoms with Gasteiger partial charge in [-0.2, -0.15) is 0 Å². The van der Waals surface area contributed by atoms with E-state index in [1.54, 1.807) is 11.3 Å². The number of hydrogen-bond acceptors (Lipinski definition) is 5. The van der Waals surface area contributed by atoms with E-state index >= 15 is 0 Å². The van der Waals surface area contributed by atoms with Crippen LogP contribution in [0.3, 0.4) is 0 Å². The van der Waals surface area contributed by atoms with Gasteiger partial charge in [0.25, 0.3) is 5.89 Å². The minimum atomic E-state index is -0.203. The summed E-state index contributed by atoms with van der Waals surface area (Å²) in [6, 6.07) is 9.37. The first-order valence-corrected chi connectivity index (χ1v) is 9.84. The molecule has 0 N–H and O–H groups in total. The van der Waals surface area contributed by atoms with Crippen molar-refractivity contribution in [3.8, 4) is 10.8 Å².